The maximum Gasteiger partial charge on any atom is 0.641 e. The molecule has 1 atom stereocenters. The molecule has 4 heterocycles. The number of pyridine rings is 1. The molecule has 0 amide bonds. The number of ether oxygens (including phenoxy) is 1. The maximum absolute atomic E-state index is 6.85. The first kappa shape index (κ1) is 29.0. The van der Waals surface area contributed by atoms with Crippen molar-refractivity contribution in [3.8, 4) is 5.88 Å². The summed E-state index contributed by atoms with van der Waals surface area (Å²) in [6.07, 6.45) is 4.91. The van der Waals surface area contributed by atoms with E-state index >= 15 is 0 Å². The first-order valence-corrected chi connectivity index (χ1v) is 13.1. The molecule has 0 aliphatic carbocycles. The summed E-state index contributed by atoms with van der Waals surface area (Å²) in [7, 11) is 0.0564. The van der Waals surface area contributed by atoms with Gasteiger partial charge in [0.2, 0.25) is 5.88 Å². The molecule has 11 heteroatoms. The molecule has 2 saturated heterocycles. The third-order valence-electron chi connectivity index (χ3n) is 8.48. The molecule has 38 heavy (non-hydrogen) atoms. The lowest BCUT2D eigenvalue weighted by atomic mass is 9.69. The maximum atomic E-state index is 6.85. The standard InChI is InChI=1S/C27H41B2N3O6/c1-22(2,3)27(19-16-30-17-32-21(19)33-12,38-29-36-25(8,9)26(10,11)37-29)20-14-13-18(15-31-20)28-34-23(4,5)24(6,7)35-28/h13-17H,1-12H3. The van der Waals surface area contributed by atoms with Gasteiger partial charge in [-0.3, -0.25) is 4.98 Å². The predicted molar refractivity (Wildman–Crippen MR) is 146 cm³/mol. The van der Waals surface area contributed by atoms with Crippen molar-refractivity contribution in [2.45, 2.75) is 104 Å². The van der Waals surface area contributed by atoms with Gasteiger partial charge in [-0.2, -0.15) is 0 Å². The van der Waals surface area contributed by atoms with Crippen molar-refractivity contribution >= 4 is 19.9 Å². The minimum absolute atomic E-state index is 0.378. The van der Waals surface area contributed by atoms with E-state index in [0.29, 0.717) is 17.1 Å². The van der Waals surface area contributed by atoms with Crippen LogP contribution in [-0.2, 0) is 28.9 Å². The van der Waals surface area contributed by atoms with E-state index in [0.717, 1.165) is 5.46 Å². The Morgan fingerprint density at radius 1 is 0.763 bits per heavy atom. The minimum Gasteiger partial charge on any atom is -0.481 e. The van der Waals surface area contributed by atoms with Crippen LogP contribution in [0.25, 0.3) is 0 Å². The summed E-state index contributed by atoms with van der Waals surface area (Å²) in [5.74, 6) is 0.378. The summed E-state index contributed by atoms with van der Waals surface area (Å²) in [4.78, 5) is 13.6. The van der Waals surface area contributed by atoms with Crippen LogP contribution in [0.15, 0.2) is 30.9 Å². The van der Waals surface area contributed by atoms with Gasteiger partial charge in [0, 0.05) is 17.9 Å². The zero-order chi connectivity index (χ0) is 28.4. The fraction of sp³-hybridized carbons (Fsp3) is 0.667. The monoisotopic (exact) mass is 525 g/mol. The zero-order valence-corrected chi connectivity index (χ0v) is 24.8. The van der Waals surface area contributed by atoms with Crippen LogP contribution in [-0.4, -0.2) is 58.9 Å². The second-order valence-corrected chi connectivity index (χ2v) is 13.1. The van der Waals surface area contributed by atoms with Crippen molar-refractivity contribution in [1.29, 1.82) is 0 Å². The summed E-state index contributed by atoms with van der Waals surface area (Å²) in [5.41, 5.74) is -1.85. The van der Waals surface area contributed by atoms with Gasteiger partial charge in [0.25, 0.3) is 0 Å². The average molecular weight is 525 g/mol. The van der Waals surface area contributed by atoms with Gasteiger partial charge in [-0.15, -0.1) is 0 Å². The van der Waals surface area contributed by atoms with Crippen LogP contribution >= 0.6 is 0 Å². The highest BCUT2D eigenvalue weighted by atomic mass is 16.8. The Balaban J connectivity index is 1.83. The Hall–Kier alpha value is -2.04. The topological polar surface area (TPSA) is 94.1 Å². The molecule has 0 saturated carbocycles. The van der Waals surface area contributed by atoms with Gasteiger partial charge in [0.15, 0.2) is 0 Å². The Kier molecular flexibility index (Phi) is 7.06. The van der Waals surface area contributed by atoms with E-state index in [1.807, 2.05) is 67.5 Å². The molecule has 2 aromatic heterocycles. The second-order valence-electron chi connectivity index (χ2n) is 13.1. The van der Waals surface area contributed by atoms with Gasteiger partial charge < -0.3 is 28.0 Å². The van der Waals surface area contributed by atoms with Gasteiger partial charge in [-0.05, 0) is 66.9 Å². The molecule has 0 N–H and O–H groups in total. The van der Waals surface area contributed by atoms with Crippen molar-refractivity contribution in [2.75, 3.05) is 7.11 Å². The van der Waals surface area contributed by atoms with E-state index in [2.05, 4.69) is 30.7 Å². The third kappa shape index (κ3) is 4.66. The van der Waals surface area contributed by atoms with Crippen LogP contribution in [0.5, 0.6) is 5.88 Å². The minimum atomic E-state index is -1.21. The number of hydrogen-bond donors (Lipinski definition) is 0. The van der Waals surface area contributed by atoms with E-state index in [1.54, 1.807) is 19.5 Å². The highest BCUT2D eigenvalue weighted by molar-refractivity contribution is 6.62. The first-order valence-electron chi connectivity index (χ1n) is 13.1. The molecule has 2 aliphatic rings. The van der Waals surface area contributed by atoms with Crippen LogP contribution in [0.3, 0.4) is 0 Å². The molecule has 0 bridgehead atoms. The van der Waals surface area contributed by atoms with Crippen molar-refractivity contribution in [2.24, 2.45) is 5.41 Å². The van der Waals surface area contributed by atoms with E-state index in [9.17, 15) is 0 Å². The van der Waals surface area contributed by atoms with Crippen molar-refractivity contribution < 1.29 is 28.0 Å². The summed E-state index contributed by atoms with van der Waals surface area (Å²) >= 11 is 0. The smallest absolute Gasteiger partial charge is 0.481 e. The number of methoxy groups -OCH3 is 1. The molecule has 0 radical (unpaired) electrons. The molecule has 2 aromatic rings. The lowest BCUT2D eigenvalue weighted by Crippen LogP contribution is -2.49. The average Bonchev–Trinajstić information content (AvgIpc) is 3.15. The lowest BCUT2D eigenvalue weighted by Gasteiger charge is -2.45. The van der Waals surface area contributed by atoms with Crippen LogP contribution in [0.2, 0.25) is 0 Å². The fourth-order valence-electron chi connectivity index (χ4n) is 4.66. The Bertz CT molecular complexity index is 1130. The molecular formula is C27H41B2N3O6. The predicted octanol–water partition coefficient (Wildman–Crippen LogP) is 4.07. The van der Waals surface area contributed by atoms with Gasteiger partial charge in [-0.1, -0.05) is 26.8 Å². The molecule has 2 fully saturated rings. The molecule has 2 aliphatic heterocycles. The fourth-order valence-corrected chi connectivity index (χ4v) is 4.66. The van der Waals surface area contributed by atoms with Crippen LogP contribution in [0.4, 0.5) is 0 Å². The van der Waals surface area contributed by atoms with Crippen molar-refractivity contribution in [1.82, 2.24) is 15.0 Å². The molecule has 9 nitrogen and oxygen atoms in total. The highest BCUT2D eigenvalue weighted by Crippen LogP contribution is 2.51. The molecule has 206 valence electrons. The summed E-state index contributed by atoms with van der Waals surface area (Å²) in [6.45, 7) is 22.2. The van der Waals surface area contributed by atoms with E-state index in [4.69, 9.17) is 33.0 Å². The summed E-state index contributed by atoms with van der Waals surface area (Å²) in [5, 5.41) is 0. The summed E-state index contributed by atoms with van der Waals surface area (Å²) in [6, 6.07) is 3.87. The quantitative estimate of drug-likeness (QED) is 0.518. The van der Waals surface area contributed by atoms with Gasteiger partial charge >= 0.3 is 14.4 Å². The van der Waals surface area contributed by atoms with Crippen molar-refractivity contribution in [3.05, 3.63) is 42.1 Å². The number of aromatic nitrogens is 3. The molecule has 0 aromatic carbocycles. The second kappa shape index (κ2) is 9.27. The number of nitrogens with zero attached hydrogens (tertiary/aromatic N) is 3. The van der Waals surface area contributed by atoms with Crippen LogP contribution in [0.1, 0.15) is 87.4 Å². The summed E-state index contributed by atoms with van der Waals surface area (Å²) < 4.78 is 37.6. The lowest BCUT2D eigenvalue weighted by molar-refractivity contribution is -0.0479. The largest absolute Gasteiger partial charge is 0.641 e. The number of hydrogen-bond acceptors (Lipinski definition) is 9. The SMILES string of the molecule is COc1ncncc1C(OB1OC(C)(C)C(C)(C)O1)(c1ccc(B2OC(C)(C)C(C)(C)O2)cn1)C(C)(C)C. The molecule has 4 rings (SSSR count). The Morgan fingerprint density at radius 2 is 1.32 bits per heavy atom. The normalized spacial score (nSPS) is 23.4. The molecular weight excluding hydrogens is 484 g/mol. The first-order chi connectivity index (χ1) is 17.4. The van der Waals surface area contributed by atoms with Gasteiger partial charge in [0.1, 0.15) is 11.9 Å². The Labute approximate surface area is 227 Å². The van der Waals surface area contributed by atoms with Crippen molar-refractivity contribution in [3.63, 3.8) is 0 Å². The highest BCUT2D eigenvalue weighted by Gasteiger charge is 2.60. The van der Waals surface area contributed by atoms with Crippen LogP contribution < -0.4 is 10.2 Å². The van der Waals surface area contributed by atoms with Crippen LogP contribution in [0, 0.1) is 5.41 Å². The van der Waals surface area contributed by atoms with E-state index in [1.165, 1.54) is 6.33 Å². The molecule has 1 unspecified atom stereocenters. The van der Waals surface area contributed by atoms with E-state index in [-0.39, 0.29) is 0 Å². The molecule has 0 spiro atoms. The van der Waals surface area contributed by atoms with Gasteiger partial charge in [-0.25, -0.2) is 9.97 Å². The van der Waals surface area contributed by atoms with Gasteiger partial charge in [0.05, 0.1) is 40.8 Å². The van der Waals surface area contributed by atoms with E-state index < -0.39 is 47.9 Å². The third-order valence-corrected chi connectivity index (χ3v) is 8.48. The number of rotatable bonds is 6. The zero-order valence-electron chi connectivity index (χ0n) is 24.8. The Morgan fingerprint density at radius 3 is 1.79 bits per heavy atom.